The second-order valence-electron chi connectivity index (χ2n) is 4.29. The normalized spacial score (nSPS) is 16.8. The lowest BCUT2D eigenvalue weighted by molar-refractivity contribution is 0.412. The average Bonchev–Trinajstić information content (AvgIpc) is 2.84. The lowest BCUT2D eigenvalue weighted by Crippen LogP contribution is -2.18. The fraction of sp³-hybridized carbons (Fsp3) is 0.429. The second-order valence-corrected chi connectivity index (χ2v) is 5.14. The van der Waals surface area contributed by atoms with Crippen LogP contribution in [0.4, 0.5) is 0 Å². The molecule has 2 rings (SSSR count). The van der Waals surface area contributed by atoms with Crippen LogP contribution in [0, 0.1) is 0 Å². The molecule has 0 spiro atoms. The van der Waals surface area contributed by atoms with Gasteiger partial charge in [-0.15, -0.1) is 0 Å². The van der Waals surface area contributed by atoms with E-state index in [2.05, 4.69) is 39.5 Å². The van der Waals surface area contributed by atoms with Gasteiger partial charge in [-0.1, -0.05) is 17.7 Å². The lowest BCUT2D eigenvalue weighted by atomic mass is 9.98. The molecule has 3 heteroatoms. The fourth-order valence-electron chi connectivity index (χ4n) is 2.39. The third-order valence-corrected chi connectivity index (χ3v) is 3.86. The number of nitrogens with one attached hydrogen (secondary N) is 1. The molecular weight excluding hydrogens is 278 g/mol. The maximum atomic E-state index is 5.26. The van der Waals surface area contributed by atoms with Crippen LogP contribution in [-0.2, 0) is 0 Å². The van der Waals surface area contributed by atoms with Crippen molar-refractivity contribution in [2.24, 2.45) is 0 Å². The van der Waals surface area contributed by atoms with Crippen LogP contribution in [0.1, 0.15) is 30.9 Å². The number of allylic oxidation sites excluding steroid dienone is 1. The van der Waals surface area contributed by atoms with E-state index in [1.807, 2.05) is 13.1 Å². The van der Waals surface area contributed by atoms with Gasteiger partial charge in [0.25, 0.3) is 0 Å². The molecule has 2 nitrogen and oxygen atoms in total. The molecule has 0 fully saturated rings. The van der Waals surface area contributed by atoms with Gasteiger partial charge in [-0.2, -0.15) is 0 Å². The Bertz CT molecular complexity index is 428. The van der Waals surface area contributed by atoms with Crippen molar-refractivity contribution >= 4 is 15.9 Å². The van der Waals surface area contributed by atoms with Crippen LogP contribution in [0.5, 0.6) is 5.75 Å². The van der Waals surface area contributed by atoms with Crippen LogP contribution in [0.3, 0.4) is 0 Å². The Morgan fingerprint density at radius 2 is 2.24 bits per heavy atom. The van der Waals surface area contributed by atoms with Crippen LogP contribution in [-0.4, -0.2) is 14.2 Å². The monoisotopic (exact) mass is 295 g/mol. The molecule has 1 aromatic carbocycles. The highest BCUT2D eigenvalue weighted by molar-refractivity contribution is 9.10. The first-order valence-corrected chi connectivity index (χ1v) is 6.75. The van der Waals surface area contributed by atoms with Gasteiger partial charge in [0, 0.05) is 0 Å². The summed E-state index contributed by atoms with van der Waals surface area (Å²) in [5.41, 5.74) is 2.79. The number of hydrogen-bond acceptors (Lipinski definition) is 2. The number of ether oxygens (including phenoxy) is 1. The summed E-state index contributed by atoms with van der Waals surface area (Å²) in [5, 5.41) is 3.40. The third kappa shape index (κ3) is 2.72. The van der Waals surface area contributed by atoms with E-state index in [-0.39, 0.29) is 0 Å². The van der Waals surface area contributed by atoms with Gasteiger partial charge in [0.2, 0.25) is 0 Å². The lowest BCUT2D eigenvalue weighted by Gasteiger charge is -2.19. The van der Waals surface area contributed by atoms with Crippen molar-refractivity contribution in [2.45, 2.75) is 25.3 Å². The minimum absolute atomic E-state index is 0.333. The summed E-state index contributed by atoms with van der Waals surface area (Å²) in [4.78, 5) is 0. The smallest absolute Gasteiger partial charge is 0.133 e. The van der Waals surface area contributed by atoms with Gasteiger partial charge in [-0.25, -0.2) is 0 Å². The van der Waals surface area contributed by atoms with Gasteiger partial charge in [0.05, 0.1) is 17.6 Å². The highest BCUT2D eigenvalue weighted by atomic mass is 79.9. The van der Waals surface area contributed by atoms with E-state index in [4.69, 9.17) is 4.74 Å². The summed E-state index contributed by atoms with van der Waals surface area (Å²) in [6.07, 6.45) is 6.06. The summed E-state index contributed by atoms with van der Waals surface area (Å²) in [7, 11) is 3.71. The van der Waals surface area contributed by atoms with E-state index in [1.54, 1.807) is 7.11 Å². The Morgan fingerprint density at radius 3 is 2.76 bits per heavy atom. The highest BCUT2D eigenvalue weighted by Crippen LogP contribution is 2.34. The highest BCUT2D eigenvalue weighted by Gasteiger charge is 2.18. The van der Waals surface area contributed by atoms with Crippen LogP contribution < -0.4 is 10.1 Å². The number of rotatable bonds is 4. The topological polar surface area (TPSA) is 21.3 Å². The van der Waals surface area contributed by atoms with Crippen molar-refractivity contribution in [3.63, 3.8) is 0 Å². The average molecular weight is 296 g/mol. The van der Waals surface area contributed by atoms with Crippen molar-refractivity contribution in [1.29, 1.82) is 0 Å². The molecule has 17 heavy (non-hydrogen) atoms. The first-order chi connectivity index (χ1) is 8.26. The Labute approximate surface area is 111 Å². The zero-order valence-corrected chi connectivity index (χ0v) is 11.9. The van der Waals surface area contributed by atoms with Crippen LogP contribution in [0.25, 0.3) is 0 Å². The molecule has 0 saturated carbocycles. The standard InChI is InChI=1S/C14H18BrNO/c1-16-14(10-5-3-4-6-10)11-7-8-13(17-2)12(15)9-11/h5,7-9,14,16H,3-4,6H2,1-2H3. The van der Waals surface area contributed by atoms with Gasteiger partial charge in [0.1, 0.15) is 5.75 Å². The number of hydrogen-bond donors (Lipinski definition) is 1. The van der Waals surface area contributed by atoms with Crippen LogP contribution in [0.2, 0.25) is 0 Å². The maximum Gasteiger partial charge on any atom is 0.133 e. The van der Waals surface area contributed by atoms with E-state index >= 15 is 0 Å². The molecule has 1 aromatic rings. The maximum absolute atomic E-state index is 5.26. The number of benzene rings is 1. The predicted molar refractivity (Wildman–Crippen MR) is 74.4 cm³/mol. The fourth-order valence-corrected chi connectivity index (χ4v) is 2.94. The first kappa shape index (κ1) is 12.7. The zero-order chi connectivity index (χ0) is 12.3. The molecule has 1 aliphatic carbocycles. The number of halogens is 1. The third-order valence-electron chi connectivity index (χ3n) is 3.24. The zero-order valence-electron chi connectivity index (χ0n) is 10.3. The van der Waals surface area contributed by atoms with Crippen molar-refractivity contribution in [1.82, 2.24) is 5.32 Å². The van der Waals surface area contributed by atoms with Crippen molar-refractivity contribution < 1.29 is 4.74 Å². The van der Waals surface area contributed by atoms with E-state index in [9.17, 15) is 0 Å². The molecule has 0 radical (unpaired) electrons. The molecule has 0 aromatic heterocycles. The molecule has 0 aliphatic heterocycles. The summed E-state index contributed by atoms with van der Waals surface area (Å²) < 4.78 is 6.27. The summed E-state index contributed by atoms with van der Waals surface area (Å²) in [5.74, 6) is 0.879. The Balaban J connectivity index is 2.28. The molecule has 0 amide bonds. The molecule has 92 valence electrons. The van der Waals surface area contributed by atoms with Crippen LogP contribution >= 0.6 is 15.9 Å². The van der Waals surface area contributed by atoms with E-state index < -0.39 is 0 Å². The summed E-state index contributed by atoms with van der Waals surface area (Å²) in [6.45, 7) is 0. The number of methoxy groups -OCH3 is 1. The SMILES string of the molecule is CNC(C1=CCCC1)c1ccc(OC)c(Br)c1. The Hall–Kier alpha value is -0.800. The molecule has 1 N–H and O–H groups in total. The van der Waals surface area contributed by atoms with E-state index in [1.165, 1.54) is 30.4 Å². The predicted octanol–water partition coefficient (Wildman–Crippen LogP) is 3.83. The van der Waals surface area contributed by atoms with Crippen molar-refractivity contribution in [2.75, 3.05) is 14.2 Å². The minimum Gasteiger partial charge on any atom is -0.496 e. The quantitative estimate of drug-likeness (QED) is 0.853. The van der Waals surface area contributed by atoms with Gasteiger partial charge in [0.15, 0.2) is 0 Å². The molecule has 0 saturated heterocycles. The second kappa shape index (κ2) is 5.69. The summed E-state index contributed by atoms with van der Waals surface area (Å²) >= 11 is 3.54. The molecular formula is C14H18BrNO. The first-order valence-electron chi connectivity index (χ1n) is 5.96. The van der Waals surface area contributed by atoms with Gasteiger partial charge in [-0.3, -0.25) is 0 Å². The van der Waals surface area contributed by atoms with E-state index in [0.29, 0.717) is 6.04 Å². The Morgan fingerprint density at radius 1 is 1.41 bits per heavy atom. The van der Waals surface area contributed by atoms with Crippen molar-refractivity contribution in [3.8, 4) is 5.75 Å². The van der Waals surface area contributed by atoms with Gasteiger partial charge < -0.3 is 10.1 Å². The largest absolute Gasteiger partial charge is 0.496 e. The molecule has 1 atom stereocenters. The molecule has 0 bridgehead atoms. The van der Waals surface area contributed by atoms with Gasteiger partial charge in [-0.05, 0) is 59.9 Å². The Kier molecular flexibility index (Phi) is 4.24. The molecule has 1 aliphatic rings. The molecule has 0 heterocycles. The minimum atomic E-state index is 0.333. The van der Waals surface area contributed by atoms with Crippen LogP contribution in [0.15, 0.2) is 34.3 Å². The van der Waals surface area contributed by atoms with E-state index in [0.717, 1.165) is 10.2 Å². The summed E-state index contributed by atoms with van der Waals surface area (Å²) in [6, 6.07) is 6.61. The molecule has 1 unspecified atom stereocenters. The van der Waals surface area contributed by atoms with Crippen molar-refractivity contribution in [3.05, 3.63) is 39.9 Å². The number of likely N-dealkylation sites (N-methyl/N-ethyl adjacent to an activating group) is 1. The van der Waals surface area contributed by atoms with Gasteiger partial charge >= 0.3 is 0 Å².